The number of carboxylic acids is 1. The summed E-state index contributed by atoms with van der Waals surface area (Å²) in [6.07, 6.45) is -0.663. The zero-order valence-electron chi connectivity index (χ0n) is 14.0. The number of nitrogens with two attached hydrogens (primary N) is 1. The van der Waals surface area contributed by atoms with E-state index in [1.54, 1.807) is 0 Å². The molecule has 1 heterocycles. The van der Waals surface area contributed by atoms with Gasteiger partial charge in [-0.15, -0.1) is 0 Å². The van der Waals surface area contributed by atoms with Gasteiger partial charge in [0.15, 0.2) is 0 Å². The lowest BCUT2D eigenvalue weighted by Crippen LogP contribution is -2.12. The summed E-state index contributed by atoms with van der Waals surface area (Å²) < 4.78 is 61.0. The van der Waals surface area contributed by atoms with Crippen LogP contribution in [0, 0.1) is 5.92 Å². The first kappa shape index (κ1) is 19.8. The van der Waals surface area contributed by atoms with Gasteiger partial charge in [-0.25, -0.2) is 13.6 Å². The molecule has 10 heteroatoms. The number of hydrogen-bond acceptors (Lipinski definition) is 4. The molecule has 0 radical (unpaired) electrons. The van der Waals surface area contributed by atoms with Crippen LogP contribution in [-0.2, 0) is 21.0 Å². The van der Waals surface area contributed by atoms with E-state index in [-0.39, 0.29) is 10.6 Å². The number of carbonyl (C=O) groups is 1. The summed E-state index contributed by atoms with van der Waals surface area (Å²) in [5.41, 5.74) is 0.568. The fourth-order valence-corrected chi connectivity index (χ4v) is 3.21. The molecular formula is C18H13F3N2O4S. The number of alkyl halides is 3. The maximum atomic E-state index is 12.8. The van der Waals surface area contributed by atoms with E-state index in [4.69, 9.17) is 5.14 Å². The second kappa shape index (κ2) is 6.88. The van der Waals surface area contributed by atoms with Crippen molar-refractivity contribution >= 4 is 27.1 Å². The number of rotatable bonds is 4. The second-order valence-corrected chi connectivity index (χ2v) is 7.59. The van der Waals surface area contributed by atoms with Crippen LogP contribution in [0.3, 0.4) is 0 Å². The average Bonchev–Trinajstić information content (AvgIpc) is 3.06. The zero-order valence-corrected chi connectivity index (χ0v) is 14.8. The van der Waals surface area contributed by atoms with Gasteiger partial charge in [0.05, 0.1) is 17.2 Å². The number of pyridine rings is 1. The number of aliphatic carboxylic acids is 1. The van der Waals surface area contributed by atoms with E-state index in [0.29, 0.717) is 16.7 Å². The molecule has 0 saturated heterocycles. The van der Waals surface area contributed by atoms with E-state index < -0.39 is 33.7 Å². The molecule has 2 aromatic rings. The predicted octanol–water partition coefficient (Wildman–Crippen LogP) is 2.93. The van der Waals surface area contributed by atoms with Crippen molar-refractivity contribution in [3.63, 3.8) is 0 Å². The van der Waals surface area contributed by atoms with Crippen LogP contribution in [0.2, 0.25) is 0 Å². The van der Waals surface area contributed by atoms with Crippen molar-refractivity contribution in [1.29, 1.82) is 0 Å². The molecule has 0 bridgehead atoms. The molecule has 1 unspecified atom stereocenters. The lowest BCUT2D eigenvalue weighted by Gasteiger charge is -2.11. The van der Waals surface area contributed by atoms with Crippen molar-refractivity contribution in [3.05, 3.63) is 71.6 Å². The number of nitrogens with zero attached hydrogens (tertiary/aromatic N) is 1. The molecule has 1 aromatic heterocycles. The summed E-state index contributed by atoms with van der Waals surface area (Å²) in [6.45, 7) is 0. The molecule has 0 fully saturated rings. The Morgan fingerprint density at radius 2 is 1.64 bits per heavy atom. The lowest BCUT2D eigenvalue weighted by atomic mass is 9.97. The van der Waals surface area contributed by atoms with Gasteiger partial charge in [-0.2, -0.15) is 13.2 Å². The Balaban J connectivity index is 2.03. The zero-order chi connectivity index (χ0) is 20.7. The minimum absolute atomic E-state index is 0.218. The second-order valence-electron chi connectivity index (χ2n) is 6.02. The molecule has 28 heavy (non-hydrogen) atoms. The Kier molecular flexibility index (Phi) is 4.86. The third kappa shape index (κ3) is 3.97. The molecule has 3 rings (SSSR count). The monoisotopic (exact) mass is 410 g/mol. The minimum atomic E-state index is -4.49. The highest BCUT2D eigenvalue weighted by atomic mass is 32.2. The first-order valence-corrected chi connectivity index (χ1v) is 9.35. The first-order chi connectivity index (χ1) is 13.0. The van der Waals surface area contributed by atoms with Gasteiger partial charge < -0.3 is 5.11 Å². The summed E-state index contributed by atoms with van der Waals surface area (Å²) in [5, 5.41) is 14.3. The largest absolute Gasteiger partial charge is 0.481 e. The molecule has 1 aromatic carbocycles. The van der Waals surface area contributed by atoms with Crippen LogP contribution in [0.25, 0.3) is 11.1 Å². The van der Waals surface area contributed by atoms with Gasteiger partial charge in [0.25, 0.3) is 0 Å². The molecule has 3 N–H and O–H groups in total. The number of aromatic nitrogens is 1. The number of halogens is 3. The molecule has 146 valence electrons. The Labute approximate surface area is 157 Å². The highest BCUT2D eigenvalue weighted by Crippen LogP contribution is 2.39. The maximum absolute atomic E-state index is 12.8. The van der Waals surface area contributed by atoms with Crippen LogP contribution < -0.4 is 5.14 Å². The fraction of sp³-hybridized carbons (Fsp3) is 0.111. The summed E-state index contributed by atoms with van der Waals surface area (Å²) in [5.74, 6) is -2.13. The van der Waals surface area contributed by atoms with Gasteiger partial charge in [0.1, 0.15) is 4.90 Å². The minimum Gasteiger partial charge on any atom is -0.481 e. The number of primary sulfonamides is 1. The highest BCUT2D eigenvalue weighted by molar-refractivity contribution is 7.89. The van der Waals surface area contributed by atoms with Crippen LogP contribution in [0.4, 0.5) is 13.2 Å². The van der Waals surface area contributed by atoms with Crippen molar-refractivity contribution < 1.29 is 31.5 Å². The Hall–Kier alpha value is -2.98. The van der Waals surface area contributed by atoms with Crippen LogP contribution >= 0.6 is 0 Å². The van der Waals surface area contributed by atoms with Gasteiger partial charge in [0.2, 0.25) is 10.0 Å². The van der Waals surface area contributed by atoms with Gasteiger partial charge in [-0.1, -0.05) is 24.3 Å². The van der Waals surface area contributed by atoms with Crippen LogP contribution in [0.15, 0.2) is 59.6 Å². The van der Waals surface area contributed by atoms with Gasteiger partial charge >= 0.3 is 12.1 Å². The Morgan fingerprint density at radius 1 is 1.04 bits per heavy atom. The molecule has 0 spiro atoms. The van der Waals surface area contributed by atoms with Crippen LogP contribution in [-0.4, -0.2) is 24.5 Å². The third-order valence-corrected chi connectivity index (χ3v) is 5.03. The smallest absolute Gasteiger partial charge is 0.416 e. The molecule has 0 amide bonds. The summed E-state index contributed by atoms with van der Waals surface area (Å²) in [4.78, 5) is 15.2. The number of sulfonamides is 1. The number of allylic oxidation sites excluding steroid dienone is 2. The molecule has 0 saturated carbocycles. The number of hydrogen-bond donors (Lipinski definition) is 2. The molecule has 6 nitrogen and oxygen atoms in total. The van der Waals surface area contributed by atoms with Crippen molar-refractivity contribution in [2.75, 3.05) is 0 Å². The van der Waals surface area contributed by atoms with Crippen LogP contribution in [0.5, 0.6) is 0 Å². The van der Waals surface area contributed by atoms with Crippen molar-refractivity contribution in [2.24, 2.45) is 11.1 Å². The maximum Gasteiger partial charge on any atom is 0.416 e. The van der Waals surface area contributed by atoms with E-state index in [1.807, 2.05) is 0 Å². The van der Waals surface area contributed by atoms with Gasteiger partial charge in [-0.3, -0.25) is 9.78 Å². The average molecular weight is 410 g/mol. The van der Waals surface area contributed by atoms with E-state index in [0.717, 1.165) is 18.3 Å². The first-order valence-electron chi connectivity index (χ1n) is 7.80. The molecular weight excluding hydrogens is 397 g/mol. The summed E-state index contributed by atoms with van der Waals surface area (Å²) in [7, 11) is -3.95. The normalized spacial score (nSPS) is 17.2. The molecule has 1 aliphatic rings. The fourth-order valence-electron chi connectivity index (χ4n) is 2.75. The Bertz CT molecular complexity index is 1090. The topological polar surface area (TPSA) is 110 Å². The van der Waals surface area contributed by atoms with Gasteiger partial charge in [0, 0.05) is 11.8 Å². The predicted molar refractivity (Wildman–Crippen MR) is 94.1 cm³/mol. The SMILES string of the molecule is NS(=O)(=O)c1ccc(C2=CC(C(=O)O)C=C2c2ccc(C(F)(F)F)cc2)nc1. The highest BCUT2D eigenvalue weighted by Gasteiger charge is 2.31. The lowest BCUT2D eigenvalue weighted by molar-refractivity contribution is -0.139. The quantitative estimate of drug-likeness (QED) is 0.805. The number of benzene rings is 1. The van der Waals surface area contributed by atoms with E-state index in [9.17, 15) is 31.5 Å². The number of carboxylic acid groups (broad SMARTS) is 1. The molecule has 1 aliphatic carbocycles. The van der Waals surface area contributed by atoms with Gasteiger partial charge in [-0.05, 0) is 35.4 Å². The van der Waals surface area contributed by atoms with E-state index in [1.165, 1.54) is 36.4 Å². The molecule has 1 atom stereocenters. The van der Waals surface area contributed by atoms with Crippen LogP contribution in [0.1, 0.15) is 16.8 Å². The van der Waals surface area contributed by atoms with Crippen molar-refractivity contribution in [2.45, 2.75) is 11.1 Å². The van der Waals surface area contributed by atoms with Crippen molar-refractivity contribution in [3.8, 4) is 0 Å². The van der Waals surface area contributed by atoms with E-state index in [2.05, 4.69) is 4.98 Å². The van der Waals surface area contributed by atoms with Crippen molar-refractivity contribution in [1.82, 2.24) is 4.98 Å². The Morgan fingerprint density at radius 3 is 2.11 bits per heavy atom. The standard InChI is InChI=1S/C18H13F3N2O4S/c19-18(20,21)12-3-1-10(2-4-12)14-7-11(17(24)25)8-15(14)16-6-5-13(9-23-16)28(22,26)27/h1-9,11H,(H,24,25)(H2,22,26,27). The summed E-state index contributed by atoms with van der Waals surface area (Å²) in [6, 6.07) is 6.86. The summed E-state index contributed by atoms with van der Waals surface area (Å²) >= 11 is 0. The third-order valence-electron chi connectivity index (χ3n) is 4.13. The molecule has 0 aliphatic heterocycles. The van der Waals surface area contributed by atoms with E-state index >= 15 is 0 Å².